The Morgan fingerprint density at radius 1 is 0.947 bits per heavy atom. The Balaban J connectivity index is 1.22. The van der Waals surface area contributed by atoms with E-state index in [-0.39, 0.29) is 43.0 Å². The van der Waals surface area contributed by atoms with Gasteiger partial charge in [0, 0.05) is 30.8 Å². The number of alkyl halides is 3. The molecule has 0 saturated carbocycles. The van der Waals surface area contributed by atoms with Crippen LogP contribution < -0.4 is 0 Å². The molecule has 2 aliphatic heterocycles. The molecule has 0 aromatic heterocycles. The normalized spacial score (nSPS) is 24.6. The van der Waals surface area contributed by atoms with Crippen LogP contribution in [0.4, 0.5) is 18.0 Å². The summed E-state index contributed by atoms with van der Waals surface area (Å²) in [6.45, 7) is 1.63. The fourth-order valence-corrected chi connectivity index (χ4v) is 7.06. The number of benzene rings is 3. The van der Waals surface area contributed by atoms with E-state index in [9.17, 15) is 23.1 Å². The molecule has 3 aromatic carbocycles. The van der Waals surface area contributed by atoms with Gasteiger partial charge in [-0.15, -0.1) is 0 Å². The van der Waals surface area contributed by atoms with Crippen molar-refractivity contribution in [1.29, 1.82) is 0 Å². The number of piperidine rings is 2. The molecule has 2 saturated heterocycles. The quantitative estimate of drug-likeness (QED) is 0.398. The number of rotatable bonds is 3. The molecule has 0 spiro atoms. The van der Waals surface area contributed by atoms with Gasteiger partial charge in [-0.1, -0.05) is 60.7 Å². The van der Waals surface area contributed by atoms with Crippen LogP contribution in [-0.2, 0) is 16.5 Å². The molecule has 0 radical (unpaired) electrons. The molecule has 1 aliphatic carbocycles. The van der Waals surface area contributed by atoms with E-state index in [1.807, 2.05) is 24.3 Å². The predicted octanol–water partition coefficient (Wildman–Crippen LogP) is 7.17. The summed E-state index contributed by atoms with van der Waals surface area (Å²) in [7, 11) is 0. The molecule has 4 nitrogen and oxygen atoms in total. The van der Waals surface area contributed by atoms with Gasteiger partial charge >= 0.3 is 12.3 Å². The van der Waals surface area contributed by atoms with Crippen molar-refractivity contribution in [1.82, 2.24) is 4.90 Å². The van der Waals surface area contributed by atoms with Gasteiger partial charge in [0.05, 0.1) is 11.2 Å². The summed E-state index contributed by atoms with van der Waals surface area (Å²) in [6, 6.07) is 19.7. The van der Waals surface area contributed by atoms with Crippen molar-refractivity contribution in [3.05, 3.63) is 94.5 Å². The fourth-order valence-electron chi connectivity index (χ4n) is 7.06. The zero-order chi connectivity index (χ0) is 26.7. The summed E-state index contributed by atoms with van der Waals surface area (Å²) in [4.78, 5) is 15.2. The van der Waals surface area contributed by atoms with E-state index in [1.165, 1.54) is 13.0 Å². The minimum atomic E-state index is -4.49. The van der Waals surface area contributed by atoms with Crippen molar-refractivity contribution in [3.8, 4) is 11.1 Å². The Kier molecular flexibility index (Phi) is 6.02. The number of nitrogens with zero attached hydrogens (tertiary/aromatic N) is 1. The Hall–Kier alpha value is -3.32. The van der Waals surface area contributed by atoms with E-state index in [0.29, 0.717) is 18.4 Å². The van der Waals surface area contributed by atoms with Gasteiger partial charge in [0.2, 0.25) is 0 Å². The number of hydrogen-bond acceptors (Lipinski definition) is 3. The summed E-state index contributed by atoms with van der Waals surface area (Å²) < 4.78 is 46.6. The van der Waals surface area contributed by atoms with Crippen molar-refractivity contribution in [2.75, 3.05) is 6.61 Å². The van der Waals surface area contributed by atoms with Crippen LogP contribution in [0.25, 0.3) is 11.1 Å². The highest BCUT2D eigenvalue weighted by Crippen LogP contribution is 2.48. The highest BCUT2D eigenvalue weighted by atomic mass is 19.4. The number of amides is 1. The molecule has 1 amide bonds. The highest BCUT2D eigenvalue weighted by molar-refractivity contribution is 5.79. The monoisotopic (exact) mass is 521 g/mol. The third kappa shape index (κ3) is 4.08. The highest BCUT2D eigenvalue weighted by Gasteiger charge is 2.50. The van der Waals surface area contributed by atoms with E-state index >= 15 is 0 Å². The first-order valence-electron chi connectivity index (χ1n) is 13.2. The third-order valence-corrected chi connectivity index (χ3v) is 8.70. The lowest BCUT2D eigenvalue weighted by atomic mass is 9.71. The predicted molar refractivity (Wildman–Crippen MR) is 138 cm³/mol. The lowest BCUT2D eigenvalue weighted by Gasteiger charge is -2.51. The molecule has 3 aromatic rings. The van der Waals surface area contributed by atoms with Crippen LogP contribution in [0.1, 0.15) is 65.8 Å². The van der Waals surface area contributed by atoms with Crippen molar-refractivity contribution in [2.24, 2.45) is 0 Å². The summed E-state index contributed by atoms with van der Waals surface area (Å²) in [6.07, 6.45) is -2.26. The van der Waals surface area contributed by atoms with Gasteiger partial charge in [0.25, 0.3) is 0 Å². The maximum atomic E-state index is 13.6. The second kappa shape index (κ2) is 9.16. The van der Waals surface area contributed by atoms with Gasteiger partial charge < -0.3 is 14.7 Å². The van der Waals surface area contributed by atoms with Crippen LogP contribution in [0.2, 0.25) is 0 Å². The fraction of sp³-hybridized carbons (Fsp3) is 0.387. The number of fused-ring (bicyclic) bond motifs is 5. The SMILES string of the molecule is Cc1c(C(F)(F)F)cccc1C1(O)CC2CCCC(C1)N2C(=O)OCC1c2ccccc2-c2ccccc21. The molecule has 198 valence electrons. The number of halogens is 3. The smallest absolute Gasteiger partial charge is 0.416 e. The largest absolute Gasteiger partial charge is 0.448 e. The Labute approximate surface area is 220 Å². The molecular weight excluding hydrogens is 491 g/mol. The van der Waals surface area contributed by atoms with E-state index < -0.39 is 23.4 Å². The van der Waals surface area contributed by atoms with Crippen LogP contribution in [0, 0.1) is 6.92 Å². The van der Waals surface area contributed by atoms with Crippen LogP contribution in [0.5, 0.6) is 0 Å². The molecule has 2 unspecified atom stereocenters. The van der Waals surface area contributed by atoms with E-state index in [2.05, 4.69) is 24.3 Å². The number of aliphatic hydroxyl groups is 1. The van der Waals surface area contributed by atoms with Gasteiger partial charge in [-0.2, -0.15) is 13.2 Å². The molecule has 1 N–H and O–H groups in total. The summed E-state index contributed by atoms with van der Waals surface area (Å²) in [5.41, 5.74) is 2.77. The van der Waals surface area contributed by atoms with Crippen molar-refractivity contribution < 1.29 is 27.8 Å². The summed E-state index contributed by atoms with van der Waals surface area (Å²) >= 11 is 0. The molecule has 2 heterocycles. The number of ether oxygens (including phenoxy) is 1. The zero-order valence-corrected chi connectivity index (χ0v) is 21.2. The number of carbonyl (C=O) groups is 1. The first kappa shape index (κ1) is 25.0. The Morgan fingerprint density at radius 2 is 1.53 bits per heavy atom. The summed E-state index contributed by atoms with van der Waals surface area (Å²) in [5.74, 6) is -0.0549. The first-order chi connectivity index (χ1) is 18.2. The Morgan fingerprint density at radius 3 is 2.11 bits per heavy atom. The minimum Gasteiger partial charge on any atom is -0.448 e. The minimum absolute atomic E-state index is 0.0511. The maximum absolute atomic E-state index is 13.6. The second-order valence-electron chi connectivity index (χ2n) is 10.9. The van der Waals surface area contributed by atoms with Gasteiger partial charge in [0.1, 0.15) is 6.61 Å². The van der Waals surface area contributed by atoms with Crippen molar-refractivity contribution in [2.45, 2.75) is 68.8 Å². The standard InChI is InChI=1S/C31H30F3NO3/c1-19-27(14-7-15-28(19)31(32,33)34)30(37)16-20-8-6-9-21(17-30)35(20)29(36)38-18-26-24-12-4-2-10-22(24)23-11-3-5-13-25(23)26/h2-5,7,10-15,20-21,26,37H,6,8-9,16-18H2,1H3. The van der Waals surface area contributed by atoms with Gasteiger partial charge in [0.15, 0.2) is 0 Å². The molecule has 7 heteroatoms. The summed E-state index contributed by atoms with van der Waals surface area (Å²) in [5, 5.41) is 11.7. The van der Waals surface area contributed by atoms with E-state index in [0.717, 1.165) is 34.7 Å². The lowest BCUT2D eigenvalue weighted by Crippen LogP contribution is -2.59. The van der Waals surface area contributed by atoms with Crippen LogP contribution >= 0.6 is 0 Å². The molecular formula is C31H30F3NO3. The molecule has 2 fully saturated rings. The third-order valence-electron chi connectivity index (χ3n) is 8.70. The molecule has 2 bridgehead atoms. The molecule has 3 aliphatic rings. The topological polar surface area (TPSA) is 49.8 Å². The number of hydrogen-bond donors (Lipinski definition) is 1. The van der Waals surface area contributed by atoms with Crippen LogP contribution in [0.15, 0.2) is 66.7 Å². The van der Waals surface area contributed by atoms with Gasteiger partial charge in [-0.3, -0.25) is 0 Å². The first-order valence-corrected chi connectivity index (χ1v) is 13.2. The zero-order valence-electron chi connectivity index (χ0n) is 21.2. The van der Waals surface area contributed by atoms with Gasteiger partial charge in [-0.05, 0) is 65.6 Å². The van der Waals surface area contributed by atoms with Gasteiger partial charge in [-0.25, -0.2) is 4.79 Å². The van der Waals surface area contributed by atoms with Crippen LogP contribution in [-0.4, -0.2) is 34.8 Å². The molecule has 2 atom stereocenters. The Bertz CT molecular complexity index is 1330. The van der Waals surface area contributed by atoms with E-state index in [1.54, 1.807) is 11.0 Å². The average Bonchev–Trinajstić information content (AvgIpc) is 3.20. The second-order valence-corrected chi connectivity index (χ2v) is 10.9. The van der Waals surface area contributed by atoms with Crippen molar-refractivity contribution >= 4 is 6.09 Å². The van der Waals surface area contributed by atoms with E-state index in [4.69, 9.17) is 4.74 Å². The maximum Gasteiger partial charge on any atom is 0.416 e. The lowest BCUT2D eigenvalue weighted by molar-refractivity contribution is -0.138. The molecule has 38 heavy (non-hydrogen) atoms. The average molecular weight is 522 g/mol. The number of carbonyl (C=O) groups excluding carboxylic acids is 1. The van der Waals surface area contributed by atoms with Crippen LogP contribution in [0.3, 0.4) is 0 Å². The molecule has 6 rings (SSSR count). The van der Waals surface area contributed by atoms with Crippen molar-refractivity contribution in [3.63, 3.8) is 0 Å².